The van der Waals surface area contributed by atoms with Crippen molar-refractivity contribution in [2.75, 3.05) is 0 Å². The topological polar surface area (TPSA) is 37.9 Å². The zero-order valence-corrected chi connectivity index (χ0v) is 11.8. The van der Waals surface area contributed by atoms with E-state index in [9.17, 15) is 13.2 Å². The smallest absolute Gasteiger partial charge is 0.406 e. The molecule has 1 heterocycles. The number of nitrogens with one attached hydrogen (secondary N) is 1. The van der Waals surface area contributed by atoms with E-state index in [0.29, 0.717) is 16.0 Å². The Bertz CT molecular complexity index is 872. The maximum absolute atomic E-state index is 12.1. The summed E-state index contributed by atoms with van der Waals surface area (Å²) in [5.74, 6) is 0.206. The minimum Gasteiger partial charge on any atom is -0.406 e. The summed E-state index contributed by atoms with van der Waals surface area (Å²) in [5.41, 5.74) is 1.43. The lowest BCUT2D eigenvalue weighted by Gasteiger charge is -2.09. The normalized spacial score (nSPS) is 11.6. The van der Waals surface area contributed by atoms with Crippen molar-refractivity contribution in [1.82, 2.24) is 9.97 Å². The van der Waals surface area contributed by atoms with Crippen LogP contribution in [0, 0.1) is 4.64 Å². The molecular weight excluding hydrogens is 313 g/mol. The quantitative estimate of drug-likeness (QED) is 0.685. The first-order chi connectivity index (χ1) is 10.4. The second-order valence-electron chi connectivity index (χ2n) is 4.51. The molecule has 1 aromatic heterocycles. The molecule has 3 rings (SSSR count). The number of rotatable bonds is 2. The summed E-state index contributed by atoms with van der Waals surface area (Å²) >= 11 is 5.23. The van der Waals surface area contributed by atoms with Crippen LogP contribution in [-0.2, 0) is 0 Å². The SMILES string of the molecule is FC(F)(F)Oc1ccc(-c2nc(=S)c3ccccc3[nH]2)cc1. The number of benzene rings is 2. The standard InChI is InChI=1S/C15H9F3N2OS/c16-15(17,18)21-10-7-5-9(6-8-10)13-19-12-4-2-1-3-11(12)14(22)20-13/h1-8H,(H,19,20,22). The molecule has 3 nitrogen and oxygen atoms in total. The Balaban J connectivity index is 1.99. The summed E-state index contributed by atoms with van der Waals surface area (Å²) in [6.07, 6.45) is -4.71. The molecule has 1 N–H and O–H groups in total. The monoisotopic (exact) mass is 322 g/mol. The van der Waals surface area contributed by atoms with Crippen LogP contribution in [-0.4, -0.2) is 16.3 Å². The zero-order valence-electron chi connectivity index (χ0n) is 11.0. The van der Waals surface area contributed by atoms with E-state index in [-0.39, 0.29) is 5.75 Å². The number of halogens is 3. The number of hydrogen-bond donors (Lipinski definition) is 1. The summed E-state index contributed by atoms with van der Waals surface area (Å²) in [4.78, 5) is 7.38. The van der Waals surface area contributed by atoms with E-state index in [0.717, 1.165) is 10.9 Å². The fourth-order valence-electron chi connectivity index (χ4n) is 2.05. The van der Waals surface area contributed by atoms with Crippen LogP contribution >= 0.6 is 12.2 Å². The average Bonchev–Trinajstić information content (AvgIpc) is 2.46. The molecular formula is C15H9F3N2OS. The van der Waals surface area contributed by atoms with Crippen molar-refractivity contribution < 1.29 is 17.9 Å². The van der Waals surface area contributed by atoms with Crippen LogP contribution in [0.2, 0.25) is 0 Å². The van der Waals surface area contributed by atoms with Crippen LogP contribution in [0.15, 0.2) is 48.5 Å². The van der Waals surface area contributed by atoms with E-state index in [2.05, 4.69) is 14.7 Å². The lowest BCUT2D eigenvalue weighted by atomic mass is 10.2. The molecule has 3 aromatic rings. The highest BCUT2D eigenvalue weighted by Gasteiger charge is 2.30. The van der Waals surface area contributed by atoms with Gasteiger partial charge in [-0.3, -0.25) is 0 Å². The summed E-state index contributed by atoms with van der Waals surface area (Å²) in [5, 5.41) is 0.818. The van der Waals surface area contributed by atoms with Gasteiger partial charge in [-0.25, -0.2) is 4.98 Å². The van der Waals surface area contributed by atoms with Gasteiger partial charge in [0.1, 0.15) is 16.2 Å². The molecule has 0 unspecified atom stereocenters. The molecule has 0 spiro atoms. The number of ether oxygens (including phenoxy) is 1. The molecule has 0 aliphatic heterocycles. The van der Waals surface area contributed by atoms with Gasteiger partial charge in [0, 0.05) is 16.5 Å². The highest BCUT2D eigenvalue weighted by molar-refractivity contribution is 7.71. The van der Waals surface area contributed by atoms with E-state index in [1.165, 1.54) is 24.3 Å². The minimum atomic E-state index is -4.71. The highest BCUT2D eigenvalue weighted by atomic mass is 32.1. The third-order valence-electron chi connectivity index (χ3n) is 2.99. The summed E-state index contributed by atoms with van der Waals surface area (Å²) in [6, 6.07) is 12.9. The van der Waals surface area contributed by atoms with E-state index in [1.807, 2.05) is 24.3 Å². The molecule has 0 radical (unpaired) electrons. The molecule has 0 bridgehead atoms. The predicted octanol–water partition coefficient (Wildman–Crippen LogP) is 4.86. The third kappa shape index (κ3) is 3.09. The number of para-hydroxylation sites is 1. The Kier molecular flexibility index (Phi) is 3.58. The zero-order chi connectivity index (χ0) is 15.7. The van der Waals surface area contributed by atoms with Crippen molar-refractivity contribution in [3.05, 3.63) is 53.2 Å². The fraction of sp³-hybridized carbons (Fsp3) is 0.0667. The first-order valence-electron chi connectivity index (χ1n) is 6.28. The molecule has 2 aromatic carbocycles. The van der Waals surface area contributed by atoms with E-state index < -0.39 is 6.36 Å². The maximum Gasteiger partial charge on any atom is 0.573 e. The van der Waals surface area contributed by atoms with Crippen LogP contribution in [0.25, 0.3) is 22.3 Å². The fourth-order valence-corrected chi connectivity index (χ4v) is 2.32. The van der Waals surface area contributed by atoms with Crippen LogP contribution in [0.1, 0.15) is 0 Å². The molecule has 0 saturated heterocycles. The average molecular weight is 322 g/mol. The van der Waals surface area contributed by atoms with Crippen LogP contribution in [0.4, 0.5) is 13.2 Å². The van der Waals surface area contributed by atoms with Gasteiger partial charge in [-0.05, 0) is 36.4 Å². The van der Waals surface area contributed by atoms with Gasteiger partial charge in [0.15, 0.2) is 0 Å². The number of nitrogens with zero attached hydrogens (tertiary/aromatic N) is 1. The Hall–Kier alpha value is -2.41. The van der Waals surface area contributed by atoms with E-state index in [4.69, 9.17) is 12.2 Å². The lowest BCUT2D eigenvalue weighted by Crippen LogP contribution is -2.16. The van der Waals surface area contributed by atoms with Crippen molar-refractivity contribution in [2.24, 2.45) is 0 Å². The van der Waals surface area contributed by atoms with Crippen LogP contribution in [0.3, 0.4) is 0 Å². The molecule has 0 saturated carbocycles. The summed E-state index contributed by atoms with van der Waals surface area (Å²) < 4.78 is 40.7. The molecule has 22 heavy (non-hydrogen) atoms. The van der Waals surface area contributed by atoms with Gasteiger partial charge in [-0.2, -0.15) is 0 Å². The molecule has 0 aliphatic rings. The molecule has 0 aliphatic carbocycles. The number of hydrogen-bond acceptors (Lipinski definition) is 3. The lowest BCUT2D eigenvalue weighted by molar-refractivity contribution is -0.274. The van der Waals surface area contributed by atoms with Crippen molar-refractivity contribution in [1.29, 1.82) is 0 Å². The Morgan fingerprint density at radius 2 is 1.68 bits per heavy atom. The number of H-pyrrole nitrogens is 1. The maximum atomic E-state index is 12.1. The van der Waals surface area contributed by atoms with Gasteiger partial charge in [0.25, 0.3) is 0 Å². The van der Waals surface area contributed by atoms with Gasteiger partial charge < -0.3 is 9.72 Å². The molecule has 112 valence electrons. The molecule has 0 atom stereocenters. The summed E-state index contributed by atoms with van der Waals surface area (Å²) in [7, 11) is 0. The van der Waals surface area contributed by atoms with Crippen molar-refractivity contribution in [3.63, 3.8) is 0 Å². The minimum absolute atomic E-state index is 0.282. The first-order valence-corrected chi connectivity index (χ1v) is 6.68. The second kappa shape index (κ2) is 5.42. The number of aromatic amines is 1. The van der Waals surface area contributed by atoms with Crippen molar-refractivity contribution in [2.45, 2.75) is 6.36 Å². The number of aromatic nitrogens is 2. The highest BCUT2D eigenvalue weighted by Crippen LogP contribution is 2.26. The van der Waals surface area contributed by atoms with E-state index >= 15 is 0 Å². The van der Waals surface area contributed by atoms with Gasteiger partial charge in [-0.15, -0.1) is 13.2 Å². The Morgan fingerprint density at radius 1 is 1.00 bits per heavy atom. The third-order valence-corrected chi connectivity index (χ3v) is 3.30. The van der Waals surface area contributed by atoms with Gasteiger partial charge >= 0.3 is 6.36 Å². The molecule has 0 fully saturated rings. The summed E-state index contributed by atoms with van der Waals surface area (Å²) in [6.45, 7) is 0. The van der Waals surface area contributed by atoms with E-state index in [1.54, 1.807) is 0 Å². The second-order valence-corrected chi connectivity index (χ2v) is 4.90. The number of alkyl halides is 3. The van der Waals surface area contributed by atoms with Gasteiger partial charge in [0.2, 0.25) is 0 Å². The van der Waals surface area contributed by atoms with Crippen molar-refractivity contribution >= 4 is 23.1 Å². The number of fused-ring (bicyclic) bond motifs is 1. The van der Waals surface area contributed by atoms with Gasteiger partial charge in [0.05, 0.1) is 0 Å². The van der Waals surface area contributed by atoms with Crippen LogP contribution < -0.4 is 4.74 Å². The molecule has 0 amide bonds. The Labute approximate surface area is 128 Å². The largest absolute Gasteiger partial charge is 0.573 e. The Morgan fingerprint density at radius 3 is 2.36 bits per heavy atom. The van der Waals surface area contributed by atoms with Crippen LogP contribution in [0.5, 0.6) is 5.75 Å². The van der Waals surface area contributed by atoms with Crippen molar-refractivity contribution in [3.8, 4) is 17.1 Å². The van der Waals surface area contributed by atoms with Gasteiger partial charge in [-0.1, -0.05) is 24.4 Å². The molecule has 7 heteroatoms. The predicted molar refractivity (Wildman–Crippen MR) is 79.0 cm³/mol. The first kappa shape index (κ1) is 14.5.